The summed E-state index contributed by atoms with van der Waals surface area (Å²) in [6.45, 7) is 1.25. The first kappa shape index (κ1) is 21.2. The molecule has 154 valence electrons. The van der Waals surface area contributed by atoms with E-state index in [0.29, 0.717) is 18.0 Å². The molecule has 0 unspecified atom stereocenters. The summed E-state index contributed by atoms with van der Waals surface area (Å²) in [5, 5.41) is 1.65. The van der Waals surface area contributed by atoms with E-state index in [9.17, 15) is 8.42 Å². The van der Waals surface area contributed by atoms with Crippen molar-refractivity contribution in [3.8, 4) is 0 Å². The van der Waals surface area contributed by atoms with Gasteiger partial charge in [-0.3, -0.25) is 4.98 Å². The molecular weight excluding hydrogens is 384 g/mol. The highest BCUT2D eigenvalue weighted by molar-refractivity contribution is 7.89. The summed E-state index contributed by atoms with van der Waals surface area (Å²) in [5.74, 6) is 0. The van der Waals surface area contributed by atoms with Crippen LogP contribution >= 0.6 is 0 Å². The van der Waals surface area contributed by atoms with Crippen LogP contribution in [-0.2, 0) is 16.6 Å². The molecule has 0 N–H and O–H groups in total. The monoisotopic (exact) mass is 412 g/mol. The number of nitrogens with zero attached hydrogens (tertiary/aromatic N) is 4. The lowest BCUT2D eigenvalue weighted by Crippen LogP contribution is -2.36. The molecule has 0 aliphatic heterocycles. The predicted molar refractivity (Wildman–Crippen MR) is 119 cm³/mol. The molecule has 0 saturated heterocycles. The quantitative estimate of drug-likeness (QED) is 0.569. The topological polar surface area (TPSA) is 56.8 Å². The van der Waals surface area contributed by atoms with Crippen LogP contribution in [0.25, 0.3) is 10.8 Å². The van der Waals surface area contributed by atoms with Gasteiger partial charge in [-0.05, 0) is 38.4 Å². The first-order valence-electron chi connectivity index (χ1n) is 9.54. The highest BCUT2D eigenvalue weighted by Gasteiger charge is 2.27. The molecule has 0 aliphatic rings. The van der Waals surface area contributed by atoms with Crippen LogP contribution in [0.4, 0.5) is 5.69 Å². The number of hydrogen-bond acceptors (Lipinski definition) is 5. The Kier molecular flexibility index (Phi) is 6.52. The van der Waals surface area contributed by atoms with Crippen molar-refractivity contribution in [1.29, 1.82) is 0 Å². The van der Waals surface area contributed by atoms with Crippen LogP contribution in [0, 0.1) is 0 Å². The smallest absolute Gasteiger partial charge is 0.244 e. The SMILES string of the molecule is CN(C)CCN(Cc1ccccn1)S(=O)(=O)c1cccc2c(N(C)C)cccc12. The Morgan fingerprint density at radius 2 is 1.55 bits per heavy atom. The minimum Gasteiger partial charge on any atom is -0.377 e. The van der Waals surface area contributed by atoms with Crippen LogP contribution in [0.1, 0.15) is 5.69 Å². The first-order chi connectivity index (χ1) is 13.8. The lowest BCUT2D eigenvalue weighted by molar-refractivity contribution is 0.327. The summed E-state index contributed by atoms with van der Waals surface area (Å²) in [6, 6.07) is 16.8. The zero-order valence-corrected chi connectivity index (χ0v) is 18.2. The van der Waals surface area contributed by atoms with Gasteiger partial charge in [-0.2, -0.15) is 4.31 Å². The van der Waals surface area contributed by atoms with Crippen LogP contribution < -0.4 is 4.90 Å². The summed E-state index contributed by atoms with van der Waals surface area (Å²) in [4.78, 5) is 8.63. The third-order valence-corrected chi connectivity index (χ3v) is 6.72. The number of anilines is 1. The normalized spacial score (nSPS) is 12.1. The van der Waals surface area contributed by atoms with Gasteiger partial charge in [0.15, 0.2) is 0 Å². The van der Waals surface area contributed by atoms with Crippen LogP contribution in [-0.4, -0.2) is 63.9 Å². The molecule has 0 saturated carbocycles. The van der Waals surface area contributed by atoms with Gasteiger partial charge in [0.05, 0.1) is 17.1 Å². The molecule has 0 bridgehead atoms. The predicted octanol–water partition coefficient (Wildman–Crippen LogP) is 3.05. The van der Waals surface area contributed by atoms with Crippen molar-refractivity contribution in [1.82, 2.24) is 14.2 Å². The number of hydrogen-bond donors (Lipinski definition) is 0. The van der Waals surface area contributed by atoms with Crippen molar-refractivity contribution >= 4 is 26.5 Å². The Bertz CT molecular complexity index is 1070. The fourth-order valence-corrected chi connectivity index (χ4v) is 4.90. The van der Waals surface area contributed by atoms with Crippen molar-refractivity contribution < 1.29 is 8.42 Å². The van der Waals surface area contributed by atoms with Crippen LogP contribution in [0.15, 0.2) is 65.7 Å². The number of rotatable bonds is 8. The molecule has 1 aromatic heterocycles. The number of aromatic nitrogens is 1. The van der Waals surface area contributed by atoms with Crippen LogP contribution in [0.5, 0.6) is 0 Å². The van der Waals surface area contributed by atoms with Gasteiger partial charge in [-0.25, -0.2) is 8.42 Å². The molecule has 7 heteroatoms. The van der Waals surface area contributed by atoms with E-state index in [0.717, 1.165) is 22.2 Å². The summed E-state index contributed by atoms with van der Waals surface area (Å²) in [6.07, 6.45) is 1.69. The molecule has 3 aromatic rings. The molecule has 1 heterocycles. The van der Waals surface area contributed by atoms with Crippen LogP contribution in [0.2, 0.25) is 0 Å². The number of benzene rings is 2. The Hall–Kier alpha value is -2.48. The van der Waals surface area contributed by atoms with E-state index in [4.69, 9.17) is 0 Å². The molecule has 0 spiro atoms. The lowest BCUT2D eigenvalue weighted by atomic mass is 10.1. The van der Waals surface area contributed by atoms with E-state index in [1.165, 1.54) is 4.31 Å². The van der Waals surface area contributed by atoms with Gasteiger partial charge < -0.3 is 9.80 Å². The van der Waals surface area contributed by atoms with E-state index >= 15 is 0 Å². The molecule has 0 radical (unpaired) electrons. The van der Waals surface area contributed by atoms with Gasteiger partial charge in [0, 0.05) is 49.8 Å². The van der Waals surface area contributed by atoms with Crippen molar-refractivity contribution in [3.05, 3.63) is 66.5 Å². The minimum atomic E-state index is -3.72. The summed E-state index contributed by atoms with van der Waals surface area (Å²) >= 11 is 0. The van der Waals surface area contributed by atoms with E-state index in [-0.39, 0.29) is 6.54 Å². The van der Waals surface area contributed by atoms with E-state index in [2.05, 4.69) is 4.98 Å². The van der Waals surface area contributed by atoms with Gasteiger partial charge >= 0.3 is 0 Å². The minimum absolute atomic E-state index is 0.237. The number of pyridine rings is 1. The van der Waals surface area contributed by atoms with Crippen molar-refractivity contribution in [2.45, 2.75) is 11.4 Å². The maximum atomic E-state index is 13.7. The molecule has 29 heavy (non-hydrogen) atoms. The fourth-order valence-electron chi connectivity index (χ4n) is 3.29. The second-order valence-electron chi connectivity index (χ2n) is 7.49. The Balaban J connectivity index is 2.09. The highest BCUT2D eigenvalue weighted by atomic mass is 32.2. The lowest BCUT2D eigenvalue weighted by Gasteiger charge is -2.25. The number of fused-ring (bicyclic) bond motifs is 1. The molecular formula is C22H28N4O2S. The zero-order chi connectivity index (χ0) is 21.0. The molecule has 0 atom stereocenters. The Labute approximate surface area is 173 Å². The Morgan fingerprint density at radius 1 is 0.828 bits per heavy atom. The maximum absolute atomic E-state index is 13.7. The third kappa shape index (κ3) is 4.75. The zero-order valence-electron chi connectivity index (χ0n) is 17.4. The van der Waals surface area contributed by atoms with Gasteiger partial charge in [0.25, 0.3) is 0 Å². The fraction of sp³-hybridized carbons (Fsp3) is 0.318. The van der Waals surface area contributed by atoms with Gasteiger partial charge in [-0.15, -0.1) is 0 Å². The summed E-state index contributed by atoms with van der Waals surface area (Å²) in [7, 11) is 4.08. The van der Waals surface area contributed by atoms with Crippen molar-refractivity contribution in [2.24, 2.45) is 0 Å². The average Bonchev–Trinajstić information content (AvgIpc) is 2.70. The average molecular weight is 413 g/mol. The van der Waals surface area contributed by atoms with Gasteiger partial charge in [0.1, 0.15) is 0 Å². The van der Waals surface area contributed by atoms with E-state index in [1.54, 1.807) is 12.3 Å². The molecule has 3 rings (SSSR count). The summed E-state index contributed by atoms with van der Waals surface area (Å²) in [5.41, 5.74) is 1.72. The molecule has 0 fully saturated rings. The first-order valence-corrected chi connectivity index (χ1v) is 11.0. The molecule has 6 nitrogen and oxygen atoms in total. The van der Waals surface area contributed by atoms with Crippen molar-refractivity contribution in [2.75, 3.05) is 46.2 Å². The standard InChI is InChI=1S/C22H28N4O2S/c1-24(2)15-16-26(17-18-9-5-6-14-23-18)29(27,28)22-13-8-10-19-20(22)11-7-12-21(19)25(3)4/h5-14H,15-17H2,1-4H3. The molecule has 2 aromatic carbocycles. The second-order valence-corrected chi connectivity index (χ2v) is 9.39. The molecule has 0 aliphatic carbocycles. The van der Waals surface area contributed by atoms with E-state index < -0.39 is 10.0 Å². The summed E-state index contributed by atoms with van der Waals surface area (Å²) < 4.78 is 28.9. The molecule has 0 amide bonds. The second kappa shape index (κ2) is 8.90. The van der Waals surface area contributed by atoms with Crippen LogP contribution in [0.3, 0.4) is 0 Å². The van der Waals surface area contributed by atoms with E-state index in [1.807, 2.05) is 86.5 Å². The Morgan fingerprint density at radius 3 is 2.21 bits per heavy atom. The number of likely N-dealkylation sites (N-methyl/N-ethyl adjacent to an activating group) is 1. The maximum Gasteiger partial charge on any atom is 0.244 e. The van der Waals surface area contributed by atoms with Gasteiger partial charge in [-0.1, -0.05) is 30.3 Å². The number of sulfonamides is 1. The highest BCUT2D eigenvalue weighted by Crippen LogP contribution is 2.32. The van der Waals surface area contributed by atoms with Gasteiger partial charge in [0.2, 0.25) is 10.0 Å². The third-order valence-electron chi connectivity index (χ3n) is 4.82. The largest absolute Gasteiger partial charge is 0.377 e. The van der Waals surface area contributed by atoms with Crippen molar-refractivity contribution in [3.63, 3.8) is 0 Å².